The molecule has 0 spiro atoms. The summed E-state index contributed by atoms with van der Waals surface area (Å²) in [5.41, 5.74) is 13.8. The maximum absolute atomic E-state index is 12.3. The number of halogens is 1. The van der Waals surface area contributed by atoms with Gasteiger partial charge in [0.15, 0.2) is 11.3 Å². The number of hydrazone groups is 1. The van der Waals surface area contributed by atoms with Crippen LogP contribution >= 0.6 is 11.8 Å². The number of ether oxygens (including phenoxy) is 4. The van der Waals surface area contributed by atoms with Crippen LogP contribution in [0.2, 0.25) is 0 Å². The van der Waals surface area contributed by atoms with Gasteiger partial charge in [0.1, 0.15) is 29.6 Å². The number of alkyl halides is 1. The number of carbonyl (C=O) groups is 1. The molecule has 1 aliphatic heterocycles. The van der Waals surface area contributed by atoms with Gasteiger partial charge < -0.3 is 24.7 Å². The third-order valence-corrected chi connectivity index (χ3v) is 7.24. The Morgan fingerprint density at radius 1 is 1.11 bits per heavy atom. The molecular formula is C32H35FN6O5S. The molecule has 1 unspecified atom stereocenters. The number of aryl methyl sites for hydroxylation is 2. The monoisotopic (exact) mass is 634 g/mol. The van der Waals surface area contributed by atoms with Crippen LogP contribution in [0.15, 0.2) is 80.7 Å². The van der Waals surface area contributed by atoms with Crippen LogP contribution in [-0.2, 0) is 14.3 Å². The number of nitrogens with two attached hydrogens (primary N) is 1. The largest absolute Gasteiger partial charge is 0.497 e. The molecule has 1 heterocycles. The molecule has 3 aromatic rings. The van der Waals surface area contributed by atoms with Gasteiger partial charge in [0.05, 0.1) is 24.7 Å². The highest BCUT2D eigenvalue weighted by Crippen LogP contribution is 2.29. The van der Waals surface area contributed by atoms with E-state index in [9.17, 15) is 9.18 Å². The average molecular weight is 635 g/mol. The SMILES string of the molecule is COc1cc(C)c(N=C(N/N=C/c2ccc(C(N)=NC=Nc3ccc(OCF)cc3)cc2)SCOC(=O)C2CCCO2)c(C)c1. The molecule has 3 aromatic carbocycles. The normalized spacial score (nSPS) is 15.5. The number of methoxy groups -OCH3 is 1. The van der Waals surface area contributed by atoms with Crippen molar-refractivity contribution in [1.29, 1.82) is 0 Å². The minimum atomic E-state index is -0.890. The average Bonchev–Trinajstić information content (AvgIpc) is 3.59. The number of aliphatic imine (C=N–C) groups is 3. The summed E-state index contributed by atoms with van der Waals surface area (Å²) in [5, 5.41) is 4.80. The molecule has 0 bridgehead atoms. The lowest BCUT2D eigenvalue weighted by Crippen LogP contribution is -2.23. The van der Waals surface area contributed by atoms with E-state index in [4.69, 9.17) is 29.7 Å². The zero-order valence-electron chi connectivity index (χ0n) is 25.2. The molecule has 0 radical (unpaired) electrons. The van der Waals surface area contributed by atoms with Gasteiger partial charge in [-0.2, -0.15) is 5.10 Å². The molecule has 3 N–H and O–H groups in total. The molecule has 1 saturated heterocycles. The highest BCUT2D eigenvalue weighted by molar-refractivity contribution is 8.13. The van der Waals surface area contributed by atoms with Gasteiger partial charge in [-0.05, 0) is 91.5 Å². The molecule has 0 amide bonds. The van der Waals surface area contributed by atoms with Gasteiger partial charge in [-0.25, -0.2) is 24.2 Å². The molecule has 13 heteroatoms. The summed E-state index contributed by atoms with van der Waals surface area (Å²) in [5.74, 6) is 1.11. The molecule has 236 valence electrons. The lowest BCUT2D eigenvalue weighted by molar-refractivity contribution is -0.151. The van der Waals surface area contributed by atoms with Crippen molar-refractivity contribution in [3.8, 4) is 11.5 Å². The Hall–Kier alpha value is -4.75. The second-order valence-electron chi connectivity index (χ2n) is 9.75. The van der Waals surface area contributed by atoms with E-state index < -0.39 is 13.0 Å². The Bertz CT molecular complexity index is 1530. The van der Waals surface area contributed by atoms with Crippen LogP contribution in [0.3, 0.4) is 0 Å². The minimum Gasteiger partial charge on any atom is -0.497 e. The fourth-order valence-corrected chi connectivity index (χ4v) is 4.79. The lowest BCUT2D eigenvalue weighted by atomic mass is 10.1. The van der Waals surface area contributed by atoms with Crippen LogP contribution in [0.25, 0.3) is 0 Å². The van der Waals surface area contributed by atoms with Crippen LogP contribution < -0.4 is 20.6 Å². The third kappa shape index (κ3) is 10.2. The van der Waals surface area contributed by atoms with Crippen LogP contribution in [0.4, 0.5) is 15.8 Å². The summed E-state index contributed by atoms with van der Waals surface area (Å²) >= 11 is 1.21. The Morgan fingerprint density at radius 3 is 2.49 bits per heavy atom. The molecule has 0 aromatic heterocycles. The second-order valence-corrected chi connectivity index (χ2v) is 10.7. The van der Waals surface area contributed by atoms with Crippen molar-refractivity contribution >= 4 is 52.7 Å². The molecule has 1 aliphatic rings. The van der Waals surface area contributed by atoms with E-state index >= 15 is 0 Å². The zero-order valence-corrected chi connectivity index (χ0v) is 26.1. The van der Waals surface area contributed by atoms with Crippen LogP contribution in [0, 0.1) is 13.8 Å². The molecule has 1 atom stereocenters. The number of benzene rings is 3. The standard InChI is InChI=1S/C32H35FN6O5S/c1-21-15-27(41-3)16-22(2)29(21)38-32(45-20-44-31(40)28-5-4-14-42-28)39-37-17-23-6-8-24(9-7-23)30(34)36-19-35-25-10-12-26(13-11-25)43-18-33/h6-13,15-17,19,28H,4-5,14,18,20H2,1-3H3,(H,38,39)(H2,34,35,36)/b37-17+. The predicted molar refractivity (Wildman–Crippen MR) is 176 cm³/mol. The predicted octanol–water partition coefficient (Wildman–Crippen LogP) is 5.71. The van der Waals surface area contributed by atoms with E-state index in [1.54, 1.807) is 37.6 Å². The van der Waals surface area contributed by atoms with E-state index in [1.807, 2.05) is 50.2 Å². The number of hydrogen-bond acceptors (Lipinski definition) is 9. The number of carbonyl (C=O) groups excluding carboxylic acids is 1. The summed E-state index contributed by atoms with van der Waals surface area (Å²) in [7, 11) is 1.62. The van der Waals surface area contributed by atoms with Crippen molar-refractivity contribution < 1.29 is 28.1 Å². The Balaban J connectivity index is 1.40. The second kappa shape index (κ2) is 16.9. The topological polar surface area (TPSA) is 141 Å². The first-order chi connectivity index (χ1) is 21.9. The molecule has 1 fully saturated rings. The first kappa shape index (κ1) is 33.1. The van der Waals surface area contributed by atoms with Crippen LogP contribution in [-0.4, -0.2) is 62.1 Å². The van der Waals surface area contributed by atoms with Crippen molar-refractivity contribution in [2.75, 3.05) is 26.5 Å². The number of nitrogens with zero attached hydrogens (tertiary/aromatic N) is 4. The van der Waals surface area contributed by atoms with E-state index in [2.05, 4.69) is 20.5 Å². The third-order valence-electron chi connectivity index (χ3n) is 6.54. The van der Waals surface area contributed by atoms with Crippen molar-refractivity contribution in [1.82, 2.24) is 5.43 Å². The fraction of sp³-hybridized carbons (Fsp3) is 0.281. The van der Waals surface area contributed by atoms with Gasteiger partial charge in [-0.1, -0.05) is 24.3 Å². The van der Waals surface area contributed by atoms with Gasteiger partial charge in [-0.15, -0.1) is 0 Å². The van der Waals surface area contributed by atoms with Gasteiger partial charge in [0, 0.05) is 12.2 Å². The number of esters is 1. The summed E-state index contributed by atoms with van der Waals surface area (Å²) in [6, 6.07) is 17.7. The van der Waals surface area contributed by atoms with E-state index in [-0.39, 0.29) is 17.7 Å². The van der Waals surface area contributed by atoms with E-state index in [0.717, 1.165) is 34.5 Å². The molecule has 0 aliphatic carbocycles. The number of thioether (sulfide) groups is 1. The highest BCUT2D eigenvalue weighted by atomic mass is 32.2. The Morgan fingerprint density at radius 2 is 1.84 bits per heavy atom. The molecule has 4 rings (SSSR count). The Labute approximate surface area is 265 Å². The lowest BCUT2D eigenvalue weighted by Gasteiger charge is -2.12. The van der Waals surface area contributed by atoms with Gasteiger partial charge in [0.25, 0.3) is 0 Å². The first-order valence-electron chi connectivity index (χ1n) is 14.1. The highest BCUT2D eigenvalue weighted by Gasteiger charge is 2.25. The summed E-state index contributed by atoms with van der Waals surface area (Å²) in [6.07, 6.45) is 3.98. The fourth-order valence-electron chi connectivity index (χ4n) is 4.23. The summed E-state index contributed by atoms with van der Waals surface area (Å²) in [4.78, 5) is 25.5. The molecular weight excluding hydrogens is 599 g/mol. The van der Waals surface area contributed by atoms with E-state index in [0.29, 0.717) is 35.2 Å². The van der Waals surface area contributed by atoms with Crippen molar-refractivity contribution in [3.05, 3.63) is 82.9 Å². The zero-order chi connectivity index (χ0) is 32.0. The number of amidine groups is 2. The molecule has 0 saturated carbocycles. The van der Waals surface area contributed by atoms with Gasteiger partial charge in [-0.3, -0.25) is 5.43 Å². The smallest absolute Gasteiger partial charge is 0.336 e. The van der Waals surface area contributed by atoms with Crippen molar-refractivity contribution in [3.63, 3.8) is 0 Å². The Kier molecular flexibility index (Phi) is 12.5. The van der Waals surface area contributed by atoms with Crippen molar-refractivity contribution in [2.24, 2.45) is 25.8 Å². The minimum absolute atomic E-state index is 0.0454. The van der Waals surface area contributed by atoms with Crippen LogP contribution in [0.1, 0.15) is 35.1 Å². The molecule has 11 nitrogen and oxygen atoms in total. The first-order valence-corrected chi connectivity index (χ1v) is 15.0. The van der Waals surface area contributed by atoms with Crippen LogP contribution in [0.5, 0.6) is 11.5 Å². The summed E-state index contributed by atoms with van der Waals surface area (Å²) < 4.78 is 33.2. The van der Waals surface area contributed by atoms with E-state index in [1.165, 1.54) is 18.1 Å². The van der Waals surface area contributed by atoms with Crippen molar-refractivity contribution in [2.45, 2.75) is 32.8 Å². The maximum Gasteiger partial charge on any atom is 0.336 e. The molecule has 45 heavy (non-hydrogen) atoms. The van der Waals surface area contributed by atoms with Gasteiger partial charge in [0.2, 0.25) is 6.86 Å². The quantitative estimate of drug-likeness (QED) is 0.0849. The maximum atomic E-state index is 12.3. The number of hydrogen-bond donors (Lipinski definition) is 2. The van der Waals surface area contributed by atoms with Gasteiger partial charge >= 0.3 is 5.97 Å². The number of nitrogens with one attached hydrogen (secondary N) is 1. The summed E-state index contributed by atoms with van der Waals surface area (Å²) in [6.45, 7) is 3.57. The number of rotatable bonds is 12.